The summed E-state index contributed by atoms with van der Waals surface area (Å²) < 4.78 is 16.2. The Kier molecular flexibility index (Phi) is 2.58. The van der Waals surface area contributed by atoms with Gasteiger partial charge in [0.25, 0.3) is 11.9 Å². The molecule has 1 aromatic rings. The maximum absolute atomic E-state index is 11.7. The summed E-state index contributed by atoms with van der Waals surface area (Å²) in [5.41, 5.74) is 7.06. The minimum absolute atomic E-state index is 0.119. The third kappa shape index (κ3) is 1.89. The van der Waals surface area contributed by atoms with Gasteiger partial charge in [0, 0.05) is 17.5 Å². The van der Waals surface area contributed by atoms with Crippen molar-refractivity contribution in [1.82, 2.24) is 0 Å². The number of ether oxygens (including phenoxy) is 3. The fourth-order valence-corrected chi connectivity index (χ4v) is 2.40. The summed E-state index contributed by atoms with van der Waals surface area (Å²) in [6.45, 7) is 1.99. The van der Waals surface area contributed by atoms with E-state index < -0.39 is 12.0 Å². The first-order valence-corrected chi connectivity index (χ1v) is 6.00. The predicted octanol–water partition coefficient (Wildman–Crippen LogP) is 0.931. The molecule has 3 rings (SSSR count). The number of hydrogen-bond donors (Lipinski definition) is 1. The van der Waals surface area contributed by atoms with E-state index in [-0.39, 0.29) is 12.1 Å². The summed E-state index contributed by atoms with van der Waals surface area (Å²) in [4.78, 5) is 15.3. The molecule has 1 amide bonds. The van der Waals surface area contributed by atoms with E-state index in [2.05, 4.69) is 4.99 Å². The molecular formula is C13H14N2O4. The number of amides is 1. The van der Waals surface area contributed by atoms with Gasteiger partial charge in [0.2, 0.25) is 6.10 Å². The summed E-state index contributed by atoms with van der Waals surface area (Å²) in [5.74, 6) is 0.909. The molecule has 0 radical (unpaired) electrons. The molecule has 0 aromatic heterocycles. The van der Waals surface area contributed by atoms with E-state index in [1.807, 2.05) is 13.0 Å². The van der Waals surface area contributed by atoms with Crippen LogP contribution in [0.2, 0.25) is 0 Å². The van der Waals surface area contributed by atoms with Crippen LogP contribution in [0.3, 0.4) is 0 Å². The first kappa shape index (κ1) is 11.8. The number of aliphatic imine (C=N–C) groups is 1. The van der Waals surface area contributed by atoms with Crippen molar-refractivity contribution < 1.29 is 19.0 Å². The molecular weight excluding hydrogens is 248 g/mol. The van der Waals surface area contributed by atoms with E-state index in [0.29, 0.717) is 11.3 Å². The van der Waals surface area contributed by atoms with Gasteiger partial charge in [-0.05, 0) is 19.1 Å². The van der Waals surface area contributed by atoms with Crippen molar-refractivity contribution in [3.63, 3.8) is 0 Å². The molecule has 2 atom stereocenters. The Morgan fingerprint density at radius 1 is 1.42 bits per heavy atom. The highest BCUT2D eigenvalue weighted by molar-refractivity contribution is 5.98. The first-order valence-electron chi connectivity index (χ1n) is 6.00. The predicted molar refractivity (Wildman–Crippen MR) is 67.2 cm³/mol. The van der Waals surface area contributed by atoms with Crippen molar-refractivity contribution >= 4 is 11.9 Å². The standard InChI is InChI=1S/C13H14N2O4/c1-6-3-7-4-10(17-2)8(5-9(7)18-6)11-12(16)15-13(14)19-11/h4-6,11H,3H2,1-2H3,(H2,14,15,16). The molecule has 0 bridgehead atoms. The van der Waals surface area contributed by atoms with Crippen molar-refractivity contribution in [2.45, 2.75) is 25.6 Å². The van der Waals surface area contributed by atoms with Gasteiger partial charge >= 0.3 is 0 Å². The van der Waals surface area contributed by atoms with Crippen molar-refractivity contribution in [2.75, 3.05) is 7.11 Å². The molecule has 0 spiro atoms. The lowest BCUT2D eigenvalue weighted by Crippen LogP contribution is -2.14. The zero-order valence-corrected chi connectivity index (χ0v) is 10.7. The fourth-order valence-electron chi connectivity index (χ4n) is 2.40. The van der Waals surface area contributed by atoms with Crippen LogP contribution in [0.1, 0.15) is 24.2 Å². The van der Waals surface area contributed by atoms with Gasteiger partial charge in [-0.2, -0.15) is 4.99 Å². The summed E-state index contributed by atoms with van der Waals surface area (Å²) in [6.07, 6.45) is 0.0978. The van der Waals surface area contributed by atoms with Crippen LogP contribution in [0, 0.1) is 0 Å². The SMILES string of the molecule is COc1cc2c(cc1C1OC(N)=NC1=O)OC(C)C2. The third-order valence-electron chi connectivity index (χ3n) is 3.21. The van der Waals surface area contributed by atoms with Gasteiger partial charge in [0.15, 0.2) is 0 Å². The van der Waals surface area contributed by atoms with E-state index in [1.54, 1.807) is 13.2 Å². The molecule has 6 nitrogen and oxygen atoms in total. The van der Waals surface area contributed by atoms with Crippen LogP contribution in [0.5, 0.6) is 11.5 Å². The second kappa shape index (κ2) is 4.15. The maximum atomic E-state index is 11.7. The zero-order chi connectivity index (χ0) is 13.6. The minimum Gasteiger partial charge on any atom is -0.496 e. The first-order chi connectivity index (χ1) is 9.08. The number of methoxy groups -OCH3 is 1. The number of hydrogen-bond acceptors (Lipinski definition) is 5. The average molecular weight is 262 g/mol. The Morgan fingerprint density at radius 2 is 2.21 bits per heavy atom. The number of carbonyl (C=O) groups excluding carboxylic acids is 1. The lowest BCUT2D eigenvalue weighted by atomic mass is 10.0. The highest BCUT2D eigenvalue weighted by atomic mass is 16.5. The van der Waals surface area contributed by atoms with Gasteiger partial charge in [0.1, 0.15) is 17.6 Å². The Hall–Kier alpha value is -2.24. The number of amidine groups is 1. The normalized spacial score (nSPS) is 24.5. The van der Waals surface area contributed by atoms with Gasteiger partial charge in [-0.1, -0.05) is 0 Å². The second-order valence-electron chi connectivity index (χ2n) is 4.62. The van der Waals surface area contributed by atoms with Crippen molar-refractivity contribution in [3.8, 4) is 11.5 Å². The van der Waals surface area contributed by atoms with Crippen molar-refractivity contribution in [3.05, 3.63) is 23.3 Å². The topological polar surface area (TPSA) is 83.1 Å². The highest BCUT2D eigenvalue weighted by Crippen LogP contribution is 2.39. The molecule has 2 N–H and O–H groups in total. The van der Waals surface area contributed by atoms with Crippen LogP contribution in [0.15, 0.2) is 17.1 Å². The molecule has 2 heterocycles. The molecule has 2 aliphatic heterocycles. The Bertz CT molecular complexity index is 582. The molecule has 19 heavy (non-hydrogen) atoms. The highest BCUT2D eigenvalue weighted by Gasteiger charge is 2.34. The number of benzene rings is 1. The Morgan fingerprint density at radius 3 is 2.84 bits per heavy atom. The van der Waals surface area contributed by atoms with E-state index >= 15 is 0 Å². The van der Waals surface area contributed by atoms with Crippen LogP contribution in [-0.4, -0.2) is 25.1 Å². The van der Waals surface area contributed by atoms with Gasteiger partial charge in [-0.3, -0.25) is 4.79 Å². The number of rotatable bonds is 2. The molecule has 1 aromatic carbocycles. The number of fused-ring (bicyclic) bond motifs is 1. The summed E-state index contributed by atoms with van der Waals surface area (Å²) >= 11 is 0. The second-order valence-corrected chi connectivity index (χ2v) is 4.62. The van der Waals surface area contributed by atoms with Crippen LogP contribution in [0.4, 0.5) is 0 Å². The van der Waals surface area contributed by atoms with Gasteiger partial charge in [0.05, 0.1) is 7.11 Å². The fraction of sp³-hybridized carbons (Fsp3) is 0.385. The third-order valence-corrected chi connectivity index (χ3v) is 3.21. The number of carbonyl (C=O) groups is 1. The molecule has 0 saturated heterocycles. The minimum atomic E-state index is -0.847. The monoisotopic (exact) mass is 262 g/mol. The molecule has 2 aliphatic rings. The van der Waals surface area contributed by atoms with E-state index in [0.717, 1.165) is 17.7 Å². The number of nitrogens with two attached hydrogens (primary N) is 1. The lowest BCUT2D eigenvalue weighted by Gasteiger charge is -2.14. The zero-order valence-electron chi connectivity index (χ0n) is 10.7. The van der Waals surface area contributed by atoms with E-state index in [9.17, 15) is 4.79 Å². The molecule has 0 fully saturated rings. The van der Waals surface area contributed by atoms with Crippen LogP contribution in [-0.2, 0) is 16.0 Å². The Labute approximate surface area is 110 Å². The molecule has 0 saturated carbocycles. The van der Waals surface area contributed by atoms with Crippen LogP contribution in [0.25, 0.3) is 0 Å². The molecule has 2 unspecified atom stereocenters. The molecule has 6 heteroatoms. The molecule has 100 valence electrons. The number of nitrogens with zero attached hydrogens (tertiary/aromatic N) is 1. The van der Waals surface area contributed by atoms with E-state index in [4.69, 9.17) is 19.9 Å². The maximum Gasteiger partial charge on any atom is 0.296 e. The summed E-state index contributed by atoms with van der Waals surface area (Å²) in [7, 11) is 1.55. The quantitative estimate of drug-likeness (QED) is 0.857. The lowest BCUT2D eigenvalue weighted by molar-refractivity contribution is -0.122. The van der Waals surface area contributed by atoms with Gasteiger partial charge < -0.3 is 19.9 Å². The molecule has 0 aliphatic carbocycles. The van der Waals surface area contributed by atoms with Crippen LogP contribution >= 0.6 is 0 Å². The van der Waals surface area contributed by atoms with Crippen molar-refractivity contribution in [1.29, 1.82) is 0 Å². The van der Waals surface area contributed by atoms with Gasteiger partial charge in [-0.15, -0.1) is 0 Å². The average Bonchev–Trinajstić information content (AvgIpc) is 2.88. The summed E-state index contributed by atoms with van der Waals surface area (Å²) in [5, 5.41) is 0. The van der Waals surface area contributed by atoms with E-state index in [1.165, 1.54) is 0 Å². The van der Waals surface area contributed by atoms with Crippen LogP contribution < -0.4 is 15.2 Å². The Balaban J connectivity index is 2.02. The smallest absolute Gasteiger partial charge is 0.296 e. The van der Waals surface area contributed by atoms with Crippen molar-refractivity contribution in [2.24, 2.45) is 10.7 Å². The van der Waals surface area contributed by atoms with Gasteiger partial charge in [-0.25, -0.2) is 0 Å². The largest absolute Gasteiger partial charge is 0.496 e. The summed E-state index contributed by atoms with van der Waals surface area (Å²) in [6, 6.07) is 3.53.